The van der Waals surface area contributed by atoms with Crippen molar-refractivity contribution >= 4 is 0 Å². The van der Waals surface area contributed by atoms with E-state index in [1.54, 1.807) is 14.2 Å². The van der Waals surface area contributed by atoms with Gasteiger partial charge in [-0.2, -0.15) is 0 Å². The molecule has 0 saturated carbocycles. The van der Waals surface area contributed by atoms with Crippen LogP contribution in [0.15, 0.2) is 11.3 Å². The van der Waals surface area contributed by atoms with Crippen LogP contribution in [-0.4, -0.2) is 20.3 Å². The second-order valence-corrected chi connectivity index (χ2v) is 2.80. The van der Waals surface area contributed by atoms with E-state index in [9.17, 15) is 0 Å². The molecule has 0 spiro atoms. The van der Waals surface area contributed by atoms with Crippen LogP contribution in [0.2, 0.25) is 0 Å². The Morgan fingerprint density at radius 1 is 1.25 bits per heavy atom. The molecule has 72 valence electrons. The molecule has 0 aliphatic carbocycles. The average molecular weight is 172 g/mol. The van der Waals surface area contributed by atoms with Crippen molar-refractivity contribution in [3.05, 3.63) is 11.3 Å². The fraction of sp³-hybridized carbons (Fsp3) is 0.800. The summed E-state index contributed by atoms with van der Waals surface area (Å²) in [4.78, 5) is 0. The summed E-state index contributed by atoms with van der Waals surface area (Å²) in [6, 6.07) is 0. The van der Waals surface area contributed by atoms with E-state index in [0.717, 1.165) is 18.6 Å². The van der Waals surface area contributed by atoms with Gasteiger partial charge in [0.2, 0.25) is 0 Å². The molecule has 2 heteroatoms. The minimum absolute atomic E-state index is 0.208. The molecule has 0 aliphatic rings. The van der Waals surface area contributed by atoms with Gasteiger partial charge in [-0.3, -0.25) is 0 Å². The van der Waals surface area contributed by atoms with Gasteiger partial charge in [0.05, 0.1) is 19.0 Å². The molecule has 2 nitrogen and oxygen atoms in total. The van der Waals surface area contributed by atoms with E-state index in [0.29, 0.717) is 0 Å². The first-order valence-corrected chi connectivity index (χ1v) is 4.47. The van der Waals surface area contributed by atoms with Crippen LogP contribution < -0.4 is 0 Å². The van der Waals surface area contributed by atoms with Gasteiger partial charge in [0, 0.05) is 13.5 Å². The summed E-state index contributed by atoms with van der Waals surface area (Å²) in [5.74, 6) is 1.05. The third-order valence-corrected chi connectivity index (χ3v) is 2.15. The lowest BCUT2D eigenvalue weighted by atomic mass is 10.1. The maximum absolute atomic E-state index is 5.31. The number of ether oxygens (including phenoxy) is 2. The molecule has 0 aromatic rings. The largest absolute Gasteiger partial charge is 0.501 e. The lowest BCUT2D eigenvalue weighted by Gasteiger charge is -2.17. The Kier molecular flexibility index (Phi) is 5.81. The molecule has 1 unspecified atom stereocenters. The van der Waals surface area contributed by atoms with Crippen molar-refractivity contribution in [3.63, 3.8) is 0 Å². The van der Waals surface area contributed by atoms with Gasteiger partial charge in [-0.15, -0.1) is 0 Å². The van der Waals surface area contributed by atoms with Gasteiger partial charge in [-0.05, 0) is 18.9 Å². The quantitative estimate of drug-likeness (QED) is 0.594. The first kappa shape index (κ1) is 11.5. The molecule has 0 heterocycles. The maximum atomic E-state index is 5.31. The van der Waals surface area contributed by atoms with Gasteiger partial charge in [-0.25, -0.2) is 0 Å². The predicted octanol–water partition coefficient (Wildman–Crippen LogP) is 2.74. The van der Waals surface area contributed by atoms with Crippen molar-refractivity contribution in [1.29, 1.82) is 0 Å². The molecule has 0 bridgehead atoms. The lowest BCUT2D eigenvalue weighted by Crippen LogP contribution is -2.13. The standard InChI is InChI=1S/C10H20O2/c1-6-9(11-4)8(3)10(7-2)12-5/h9H,6-7H2,1-5H3/b10-8-. The Hall–Kier alpha value is -0.500. The van der Waals surface area contributed by atoms with Crippen LogP contribution in [0.3, 0.4) is 0 Å². The summed E-state index contributed by atoms with van der Waals surface area (Å²) in [6.07, 6.45) is 2.14. The number of methoxy groups -OCH3 is 2. The molecule has 12 heavy (non-hydrogen) atoms. The monoisotopic (exact) mass is 172 g/mol. The normalized spacial score (nSPS) is 15.4. The smallest absolute Gasteiger partial charge is 0.0967 e. The maximum Gasteiger partial charge on any atom is 0.0967 e. The van der Waals surface area contributed by atoms with E-state index in [-0.39, 0.29) is 6.10 Å². The summed E-state index contributed by atoms with van der Waals surface area (Å²) in [7, 11) is 3.45. The Bertz CT molecular complexity index is 140. The molecular formula is C10H20O2. The molecule has 0 aliphatic heterocycles. The Morgan fingerprint density at radius 2 is 1.83 bits per heavy atom. The molecule has 0 fully saturated rings. The Labute approximate surface area is 75.6 Å². The second-order valence-electron chi connectivity index (χ2n) is 2.80. The summed E-state index contributed by atoms with van der Waals surface area (Å²) in [5, 5.41) is 0. The highest BCUT2D eigenvalue weighted by molar-refractivity contribution is 5.10. The lowest BCUT2D eigenvalue weighted by molar-refractivity contribution is 0.121. The zero-order valence-electron chi connectivity index (χ0n) is 8.81. The molecule has 0 aromatic carbocycles. The van der Waals surface area contributed by atoms with Crippen molar-refractivity contribution in [1.82, 2.24) is 0 Å². The average Bonchev–Trinajstić information content (AvgIpc) is 2.09. The van der Waals surface area contributed by atoms with Crippen LogP contribution in [0.4, 0.5) is 0 Å². The topological polar surface area (TPSA) is 18.5 Å². The zero-order chi connectivity index (χ0) is 9.56. The summed E-state index contributed by atoms with van der Waals surface area (Å²) in [5.41, 5.74) is 1.21. The molecule has 0 rings (SSSR count). The van der Waals surface area contributed by atoms with Crippen LogP contribution in [0.5, 0.6) is 0 Å². The van der Waals surface area contributed by atoms with Crippen LogP contribution in [0, 0.1) is 0 Å². The van der Waals surface area contributed by atoms with Crippen molar-refractivity contribution < 1.29 is 9.47 Å². The zero-order valence-corrected chi connectivity index (χ0v) is 8.81. The number of hydrogen-bond donors (Lipinski definition) is 0. The third-order valence-electron chi connectivity index (χ3n) is 2.15. The van der Waals surface area contributed by atoms with Gasteiger partial charge in [-0.1, -0.05) is 13.8 Å². The predicted molar refractivity (Wildman–Crippen MR) is 51.1 cm³/mol. The van der Waals surface area contributed by atoms with E-state index < -0.39 is 0 Å². The van der Waals surface area contributed by atoms with E-state index in [1.807, 2.05) is 0 Å². The van der Waals surface area contributed by atoms with Gasteiger partial charge < -0.3 is 9.47 Å². The van der Waals surface area contributed by atoms with Gasteiger partial charge >= 0.3 is 0 Å². The highest BCUT2D eigenvalue weighted by Crippen LogP contribution is 2.16. The molecular weight excluding hydrogens is 152 g/mol. The first-order chi connectivity index (χ1) is 5.71. The Balaban J connectivity index is 4.46. The van der Waals surface area contributed by atoms with Crippen LogP contribution in [0.25, 0.3) is 0 Å². The van der Waals surface area contributed by atoms with E-state index >= 15 is 0 Å². The van der Waals surface area contributed by atoms with Crippen molar-refractivity contribution in [2.24, 2.45) is 0 Å². The molecule has 0 saturated heterocycles. The number of rotatable bonds is 5. The van der Waals surface area contributed by atoms with Crippen molar-refractivity contribution in [3.8, 4) is 0 Å². The minimum atomic E-state index is 0.208. The molecule has 1 atom stereocenters. The van der Waals surface area contributed by atoms with E-state index in [4.69, 9.17) is 9.47 Å². The fourth-order valence-corrected chi connectivity index (χ4v) is 1.41. The molecule has 0 aromatic heterocycles. The summed E-state index contributed by atoms with van der Waals surface area (Å²) >= 11 is 0. The van der Waals surface area contributed by atoms with Crippen LogP contribution >= 0.6 is 0 Å². The van der Waals surface area contributed by atoms with Crippen molar-refractivity contribution in [2.75, 3.05) is 14.2 Å². The fourth-order valence-electron chi connectivity index (χ4n) is 1.41. The van der Waals surface area contributed by atoms with E-state index in [2.05, 4.69) is 20.8 Å². The first-order valence-electron chi connectivity index (χ1n) is 4.47. The number of allylic oxidation sites excluding steroid dienone is 1. The van der Waals surface area contributed by atoms with Gasteiger partial charge in [0.15, 0.2) is 0 Å². The second kappa shape index (κ2) is 6.06. The third kappa shape index (κ3) is 2.86. The highest BCUT2D eigenvalue weighted by atomic mass is 16.5. The summed E-state index contributed by atoms with van der Waals surface area (Å²) < 4.78 is 10.6. The summed E-state index contributed by atoms with van der Waals surface area (Å²) in [6.45, 7) is 6.27. The minimum Gasteiger partial charge on any atom is -0.501 e. The van der Waals surface area contributed by atoms with Crippen LogP contribution in [0.1, 0.15) is 33.6 Å². The van der Waals surface area contributed by atoms with Gasteiger partial charge in [0.1, 0.15) is 0 Å². The Morgan fingerprint density at radius 3 is 2.08 bits per heavy atom. The van der Waals surface area contributed by atoms with Gasteiger partial charge in [0.25, 0.3) is 0 Å². The molecule has 0 N–H and O–H groups in total. The van der Waals surface area contributed by atoms with Crippen molar-refractivity contribution in [2.45, 2.75) is 39.7 Å². The highest BCUT2D eigenvalue weighted by Gasteiger charge is 2.11. The SMILES string of the molecule is CC/C(OC)=C(\C)C(CC)OC. The molecule has 0 radical (unpaired) electrons. The molecule has 0 amide bonds. The number of hydrogen-bond acceptors (Lipinski definition) is 2. The van der Waals surface area contributed by atoms with Crippen LogP contribution in [-0.2, 0) is 9.47 Å². The van der Waals surface area contributed by atoms with E-state index in [1.165, 1.54) is 5.57 Å².